The molecule has 6 nitrogen and oxygen atoms in total. The van der Waals surface area contributed by atoms with E-state index in [1.165, 1.54) is 4.31 Å². The first-order valence-electron chi connectivity index (χ1n) is 6.82. The summed E-state index contributed by atoms with van der Waals surface area (Å²) in [7, 11) is -3.76. The molecule has 112 valence electrons. The molecule has 1 saturated carbocycles. The molecule has 1 aliphatic rings. The molecule has 19 heavy (non-hydrogen) atoms. The average Bonchev–Trinajstić information content (AvgIpc) is 2.32. The topological polar surface area (TPSA) is 86.7 Å². The Morgan fingerprint density at radius 3 is 2.37 bits per heavy atom. The minimum atomic E-state index is -3.76. The molecule has 0 saturated heterocycles. The van der Waals surface area contributed by atoms with Crippen molar-refractivity contribution in [1.29, 1.82) is 0 Å². The van der Waals surface area contributed by atoms with E-state index in [2.05, 4.69) is 4.72 Å². The van der Waals surface area contributed by atoms with Crippen LogP contribution in [0.2, 0.25) is 0 Å². The summed E-state index contributed by atoms with van der Waals surface area (Å²) >= 11 is 0. The van der Waals surface area contributed by atoms with Gasteiger partial charge in [-0.1, -0.05) is 33.6 Å². The highest BCUT2D eigenvalue weighted by Gasteiger charge is 2.48. The highest BCUT2D eigenvalue weighted by Crippen LogP contribution is 2.34. The van der Waals surface area contributed by atoms with Crippen LogP contribution >= 0.6 is 0 Å². The van der Waals surface area contributed by atoms with Gasteiger partial charge in [0.15, 0.2) is 0 Å². The molecule has 7 heteroatoms. The molecule has 1 rings (SSSR count). The molecule has 0 aromatic carbocycles. The van der Waals surface area contributed by atoms with E-state index >= 15 is 0 Å². The van der Waals surface area contributed by atoms with Crippen molar-refractivity contribution in [2.45, 2.75) is 52.0 Å². The molecule has 0 amide bonds. The fourth-order valence-corrected chi connectivity index (χ4v) is 4.38. The standard InChI is InChI=1S/C12H24N2O4S/c1-4-14(5-2)19(17,18)13-12(11(15)16)9-7-6-8-10(12)3/h10,13H,4-9H2,1-3H3,(H,15,16). The molecule has 0 heterocycles. The molecular formula is C12H24N2O4S. The van der Waals surface area contributed by atoms with E-state index in [0.717, 1.165) is 19.3 Å². The van der Waals surface area contributed by atoms with Crippen molar-refractivity contribution in [3.8, 4) is 0 Å². The molecule has 0 aromatic heterocycles. The van der Waals surface area contributed by atoms with Gasteiger partial charge in [0.2, 0.25) is 0 Å². The van der Waals surface area contributed by atoms with E-state index in [4.69, 9.17) is 0 Å². The van der Waals surface area contributed by atoms with Gasteiger partial charge in [0, 0.05) is 13.1 Å². The Bertz CT molecular complexity index is 419. The summed E-state index contributed by atoms with van der Waals surface area (Å²) in [6, 6.07) is 0. The second-order valence-corrected chi connectivity index (χ2v) is 6.79. The van der Waals surface area contributed by atoms with Gasteiger partial charge in [-0.25, -0.2) is 0 Å². The van der Waals surface area contributed by atoms with E-state index in [1.807, 2.05) is 0 Å². The van der Waals surface area contributed by atoms with Crippen LogP contribution in [-0.2, 0) is 15.0 Å². The van der Waals surface area contributed by atoms with Crippen LogP contribution in [-0.4, -0.2) is 42.4 Å². The largest absolute Gasteiger partial charge is 0.480 e. The molecular weight excluding hydrogens is 268 g/mol. The van der Waals surface area contributed by atoms with E-state index in [9.17, 15) is 18.3 Å². The Labute approximate surface area is 115 Å². The Morgan fingerprint density at radius 1 is 1.37 bits per heavy atom. The second kappa shape index (κ2) is 6.19. The SMILES string of the molecule is CCN(CC)S(=O)(=O)NC1(C(=O)O)CCCCC1C. The lowest BCUT2D eigenvalue weighted by atomic mass is 9.74. The van der Waals surface area contributed by atoms with E-state index in [-0.39, 0.29) is 5.92 Å². The fourth-order valence-electron chi connectivity index (χ4n) is 2.72. The van der Waals surface area contributed by atoms with Crippen LogP contribution in [0.4, 0.5) is 0 Å². The lowest BCUT2D eigenvalue weighted by Gasteiger charge is -2.40. The molecule has 0 bridgehead atoms. The predicted octanol–water partition coefficient (Wildman–Crippen LogP) is 1.20. The quantitative estimate of drug-likeness (QED) is 0.770. The summed E-state index contributed by atoms with van der Waals surface area (Å²) in [6.07, 6.45) is 2.76. The number of nitrogens with one attached hydrogen (secondary N) is 1. The van der Waals surface area contributed by atoms with Crippen molar-refractivity contribution in [2.75, 3.05) is 13.1 Å². The third kappa shape index (κ3) is 3.27. The molecule has 0 radical (unpaired) electrons. The molecule has 1 aliphatic carbocycles. The van der Waals surface area contributed by atoms with Crippen LogP contribution < -0.4 is 4.72 Å². The Kier molecular flexibility index (Phi) is 5.34. The summed E-state index contributed by atoms with van der Waals surface area (Å²) in [4.78, 5) is 11.6. The number of rotatable bonds is 6. The minimum Gasteiger partial charge on any atom is -0.480 e. The van der Waals surface area contributed by atoms with E-state index in [1.54, 1.807) is 20.8 Å². The average molecular weight is 292 g/mol. The maximum Gasteiger partial charge on any atom is 0.325 e. The zero-order chi connectivity index (χ0) is 14.7. The van der Waals surface area contributed by atoms with Crippen LogP contribution in [0.25, 0.3) is 0 Å². The van der Waals surface area contributed by atoms with E-state index in [0.29, 0.717) is 19.5 Å². The summed E-state index contributed by atoms with van der Waals surface area (Å²) in [5, 5.41) is 9.50. The number of nitrogens with zero attached hydrogens (tertiary/aromatic N) is 1. The van der Waals surface area contributed by atoms with Gasteiger partial charge < -0.3 is 5.11 Å². The monoisotopic (exact) mass is 292 g/mol. The molecule has 0 aliphatic heterocycles. The van der Waals surface area contributed by atoms with Crippen LogP contribution in [0.1, 0.15) is 46.5 Å². The van der Waals surface area contributed by atoms with Crippen molar-refractivity contribution in [2.24, 2.45) is 5.92 Å². The number of hydrogen-bond donors (Lipinski definition) is 2. The van der Waals surface area contributed by atoms with Gasteiger partial charge >= 0.3 is 5.97 Å². The number of carbonyl (C=O) groups is 1. The third-order valence-electron chi connectivity index (χ3n) is 4.04. The number of carboxylic acid groups (broad SMARTS) is 1. The number of carboxylic acids is 1. The highest BCUT2D eigenvalue weighted by molar-refractivity contribution is 7.87. The number of hydrogen-bond acceptors (Lipinski definition) is 3. The van der Waals surface area contributed by atoms with Gasteiger partial charge in [0.05, 0.1) is 0 Å². The predicted molar refractivity (Wildman–Crippen MR) is 73.0 cm³/mol. The highest BCUT2D eigenvalue weighted by atomic mass is 32.2. The first-order valence-corrected chi connectivity index (χ1v) is 8.26. The normalized spacial score (nSPS) is 28.5. The Balaban J connectivity index is 3.06. The minimum absolute atomic E-state index is 0.205. The molecule has 2 atom stereocenters. The zero-order valence-electron chi connectivity index (χ0n) is 11.8. The van der Waals surface area contributed by atoms with Crippen molar-refractivity contribution in [3.05, 3.63) is 0 Å². The second-order valence-electron chi connectivity index (χ2n) is 5.11. The molecule has 0 spiro atoms. The maximum absolute atomic E-state index is 12.3. The fraction of sp³-hybridized carbons (Fsp3) is 0.917. The molecule has 0 aromatic rings. The third-order valence-corrected chi connectivity index (χ3v) is 5.86. The summed E-state index contributed by atoms with van der Waals surface area (Å²) in [5.41, 5.74) is -1.36. The Morgan fingerprint density at radius 2 is 1.95 bits per heavy atom. The van der Waals surface area contributed by atoms with Crippen LogP contribution in [0, 0.1) is 5.92 Å². The first kappa shape index (κ1) is 16.4. The van der Waals surface area contributed by atoms with Crippen molar-refractivity contribution < 1.29 is 18.3 Å². The lowest BCUT2D eigenvalue weighted by Crippen LogP contribution is -2.62. The number of aliphatic carboxylic acids is 1. The summed E-state index contributed by atoms with van der Waals surface area (Å²) < 4.78 is 28.2. The smallest absolute Gasteiger partial charge is 0.325 e. The van der Waals surface area contributed by atoms with Crippen LogP contribution in [0.5, 0.6) is 0 Å². The maximum atomic E-state index is 12.3. The van der Waals surface area contributed by atoms with Gasteiger partial charge in [0.1, 0.15) is 5.54 Å². The molecule has 2 unspecified atom stereocenters. The van der Waals surface area contributed by atoms with Gasteiger partial charge in [-0.2, -0.15) is 17.4 Å². The Hall–Kier alpha value is -0.660. The molecule has 2 N–H and O–H groups in total. The first-order chi connectivity index (χ1) is 8.80. The van der Waals surface area contributed by atoms with Crippen molar-refractivity contribution in [3.63, 3.8) is 0 Å². The van der Waals surface area contributed by atoms with Gasteiger partial charge in [0.25, 0.3) is 10.2 Å². The van der Waals surface area contributed by atoms with Gasteiger partial charge in [-0.15, -0.1) is 0 Å². The van der Waals surface area contributed by atoms with Crippen LogP contribution in [0.3, 0.4) is 0 Å². The summed E-state index contributed by atoms with van der Waals surface area (Å²) in [6.45, 7) is 5.94. The lowest BCUT2D eigenvalue weighted by molar-refractivity contribution is -0.147. The molecule has 1 fully saturated rings. The van der Waals surface area contributed by atoms with E-state index < -0.39 is 21.7 Å². The van der Waals surface area contributed by atoms with Crippen LogP contribution in [0.15, 0.2) is 0 Å². The van der Waals surface area contributed by atoms with Crippen molar-refractivity contribution in [1.82, 2.24) is 9.03 Å². The summed E-state index contributed by atoms with van der Waals surface area (Å²) in [5.74, 6) is -1.28. The zero-order valence-corrected chi connectivity index (χ0v) is 12.7. The van der Waals surface area contributed by atoms with Gasteiger partial charge in [-0.05, 0) is 18.8 Å². The van der Waals surface area contributed by atoms with Crippen molar-refractivity contribution >= 4 is 16.2 Å². The van der Waals surface area contributed by atoms with Gasteiger partial charge in [-0.3, -0.25) is 4.79 Å².